The molecule has 0 heterocycles. The van der Waals surface area contributed by atoms with Gasteiger partial charge in [-0.1, -0.05) is 13.0 Å². The lowest BCUT2D eigenvalue weighted by Gasteiger charge is -2.26. The Kier molecular flexibility index (Phi) is 3.95. The molecule has 0 aromatic carbocycles. The van der Waals surface area contributed by atoms with E-state index in [1.165, 1.54) is 6.42 Å². The third-order valence-electron chi connectivity index (χ3n) is 2.69. The molecule has 0 saturated heterocycles. The van der Waals surface area contributed by atoms with Crippen LogP contribution in [0.15, 0.2) is 11.6 Å². The lowest BCUT2D eigenvalue weighted by Crippen LogP contribution is -2.27. The van der Waals surface area contributed by atoms with Gasteiger partial charge in [0.25, 0.3) is 0 Å². The van der Waals surface area contributed by atoms with Crippen molar-refractivity contribution >= 4 is 5.97 Å². The second-order valence-electron chi connectivity index (χ2n) is 5.20. The summed E-state index contributed by atoms with van der Waals surface area (Å²) in [6.45, 7) is 7.87. The van der Waals surface area contributed by atoms with Gasteiger partial charge in [0.05, 0.1) is 0 Å². The molecule has 0 aromatic heterocycles. The first kappa shape index (κ1) is 12.3. The van der Waals surface area contributed by atoms with Crippen molar-refractivity contribution < 1.29 is 9.53 Å². The van der Waals surface area contributed by atoms with Crippen molar-refractivity contribution in [1.29, 1.82) is 0 Å². The van der Waals surface area contributed by atoms with Gasteiger partial charge in [0.2, 0.25) is 0 Å². The second-order valence-corrected chi connectivity index (χ2v) is 5.20. The summed E-state index contributed by atoms with van der Waals surface area (Å²) < 4.78 is 5.40. The molecule has 0 fully saturated rings. The Bertz CT molecular complexity index is 258. The standard InChI is InChI=1S/C13H22O2/c1-5-10-8-6-7-9-11(10)12(14)15-13(2,3)4/h9-10H,5-8H2,1-4H3. The fraction of sp³-hybridized carbons (Fsp3) is 0.769. The van der Waals surface area contributed by atoms with E-state index in [9.17, 15) is 4.79 Å². The van der Waals surface area contributed by atoms with Crippen molar-refractivity contribution in [1.82, 2.24) is 0 Å². The smallest absolute Gasteiger partial charge is 0.334 e. The topological polar surface area (TPSA) is 26.3 Å². The lowest BCUT2D eigenvalue weighted by molar-refractivity contribution is -0.150. The third kappa shape index (κ3) is 3.69. The van der Waals surface area contributed by atoms with Crippen molar-refractivity contribution in [3.05, 3.63) is 11.6 Å². The normalized spacial score (nSPS) is 22.1. The van der Waals surface area contributed by atoms with Gasteiger partial charge in [-0.2, -0.15) is 0 Å². The molecule has 0 aromatic rings. The fourth-order valence-corrected chi connectivity index (χ4v) is 1.96. The molecule has 0 bridgehead atoms. The van der Waals surface area contributed by atoms with Gasteiger partial charge in [-0.15, -0.1) is 0 Å². The quantitative estimate of drug-likeness (QED) is 0.652. The summed E-state index contributed by atoms with van der Waals surface area (Å²) in [4.78, 5) is 11.9. The first-order valence-corrected chi connectivity index (χ1v) is 5.87. The molecule has 0 saturated carbocycles. The summed E-state index contributed by atoms with van der Waals surface area (Å²) in [6.07, 6.45) is 6.44. The highest BCUT2D eigenvalue weighted by molar-refractivity contribution is 5.89. The molecule has 1 aliphatic carbocycles. The SMILES string of the molecule is CCC1CCCC=C1C(=O)OC(C)(C)C. The summed E-state index contributed by atoms with van der Waals surface area (Å²) in [5.41, 5.74) is 0.520. The predicted molar refractivity (Wildman–Crippen MR) is 61.6 cm³/mol. The van der Waals surface area contributed by atoms with Crippen LogP contribution in [0.4, 0.5) is 0 Å². The van der Waals surface area contributed by atoms with Gasteiger partial charge in [-0.05, 0) is 52.4 Å². The van der Waals surface area contributed by atoms with Crippen LogP contribution in [0, 0.1) is 5.92 Å². The van der Waals surface area contributed by atoms with E-state index in [0.717, 1.165) is 24.8 Å². The van der Waals surface area contributed by atoms with Crippen LogP contribution in [0.3, 0.4) is 0 Å². The van der Waals surface area contributed by atoms with Crippen LogP contribution in [-0.2, 0) is 9.53 Å². The molecule has 0 amide bonds. The number of esters is 1. The van der Waals surface area contributed by atoms with E-state index in [1.54, 1.807) is 0 Å². The Labute approximate surface area is 92.7 Å². The molecule has 1 unspecified atom stereocenters. The second kappa shape index (κ2) is 4.82. The minimum atomic E-state index is -0.381. The third-order valence-corrected chi connectivity index (χ3v) is 2.69. The molecule has 15 heavy (non-hydrogen) atoms. The van der Waals surface area contributed by atoms with E-state index >= 15 is 0 Å². The Balaban J connectivity index is 2.69. The highest BCUT2D eigenvalue weighted by atomic mass is 16.6. The van der Waals surface area contributed by atoms with Crippen LogP contribution in [0.5, 0.6) is 0 Å². The van der Waals surface area contributed by atoms with Gasteiger partial charge in [-0.25, -0.2) is 4.79 Å². The number of allylic oxidation sites excluding steroid dienone is 1. The van der Waals surface area contributed by atoms with E-state index < -0.39 is 0 Å². The average molecular weight is 210 g/mol. The van der Waals surface area contributed by atoms with Crippen LogP contribution in [0.2, 0.25) is 0 Å². The Morgan fingerprint density at radius 3 is 2.73 bits per heavy atom. The molecule has 1 rings (SSSR count). The monoisotopic (exact) mass is 210 g/mol. The van der Waals surface area contributed by atoms with E-state index in [2.05, 4.69) is 13.0 Å². The summed E-state index contributed by atoms with van der Waals surface area (Å²) in [5.74, 6) is 0.294. The fourth-order valence-electron chi connectivity index (χ4n) is 1.96. The van der Waals surface area contributed by atoms with Crippen LogP contribution < -0.4 is 0 Å². The van der Waals surface area contributed by atoms with Crippen molar-refractivity contribution in [2.24, 2.45) is 5.92 Å². The molecule has 0 aliphatic heterocycles. The Morgan fingerprint density at radius 2 is 2.20 bits per heavy atom. The molecular formula is C13H22O2. The van der Waals surface area contributed by atoms with Crippen LogP contribution in [0.25, 0.3) is 0 Å². The number of carbonyl (C=O) groups excluding carboxylic acids is 1. The molecule has 2 nitrogen and oxygen atoms in total. The van der Waals surface area contributed by atoms with Crippen LogP contribution in [-0.4, -0.2) is 11.6 Å². The molecular weight excluding hydrogens is 188 g/mol. The maximum absolute atomic E-state index is 11.9. The van der Waals surface area contributed by atoms with Gasteiger partial charge in [0.1, 0.15) is 5.60 Å². The number of hydrogen-bond donors (Lipinski definition) is 0. The average Bonchev–Trinajstić information content (AvgIpc) is 2.15. The van der Waals surface area contributed by atoms with Crippen molar-refractivity contribution in [3.8, 4) is 0 Å². The zero-order valence-corrected chi connectivity index (χ0v) is 10.3. The molecule has 1 atom stereocenters. The first-order chi connectivity index (χ1) is 6.94. The first-order valence-electron chi connectivity index (χ1n) is 5.87. The van der Waals surface area contributed by atoms with Gasteiger partial charge in [0.15, 0.2) is 0 Å². The van der Waals surface area contributed by atoms with Crippen molar-refractivity contribution in [3.63, 3.8) is 0 Å². The molecule has 0 radical (unpaired) electrons. The minimum absolute atomic E-state index is 0.117. The number of ether oxygens (including phenoxy) is 1. The van der Waals surface area contributed by atoms with Gasteiger partial charge >= 0.3 is 5.97 Å². The van der Waals surface area contributed by atoms with Crippen molar-refractivity contribution in [2.45, 2.75) is 59.0 Å². The maximum Gasteiger partial charge on any atom is 0.334 e. The zero-order chi connectivity index (χ0) is 11.5. The molecule has 0 spiro atoms. The lowest BCUT2D eigenvalue weighted by atomic mass is 9.86. The number of carbonyl (C=O) groups is 1. The van der Waals surface area contributed by atoms with E-state index in [-0.39, 0.29) is 11.6 Å². The Morgan fingerprint density at radius 1 is 1.53 bits per heavy atom. The van der Waals surface area contributed by atoms with Crippen molar-refractivity contribution in [2.75, 3.05) is 0 Å². The largest absolute Gasteiger partial charge is 0.457 e. The Hall–Kier alpha value is -0.790. The highest BCUT2D eigenvalue weighted by Gasteiger charge is 2.26. The summed E-state index contributed by atoms with van der Waals surface area (Å²) in [5, 5.41) is 0. The highest BCUT2D eigenvalue weighted by Crippen LogP contribution is 2.29. The number of rotatable bonds is 2. The van der Waals surface area contributed by atoms with E-state index in [4.69, 9.17) is 4.74 Å². The van der Waals surface area contributed by atoms with Gasteiger partial charge in [-0.3, -0.25) is 0 Å². The molecule has 1 aliphatic rings. The summed E-state index contributed by atoms with van der Waals surface area (Å²) in [7, 11) is 0. The van der Waals surface area contributed by atoms with E-state index in [0.29, 0.717) is 5.92 Å². The van der Waals surface area contributed by atoms with Gasteiger partial charge in [0, 0.05) is 5.57 Å². The predicted octanol–water partition coefficient (Wildman–Crippen LogP) is 3.46. The summed E-state index contributed by atoms with van der Waals surface area (Å²) in [6, 6.07) is 0. The molecule has 86 valence electrons. The van der Waals surface area contributed by atoms with E-state index in [1.807, 2.05) is 20.8 Å². The van der Waals surface area contributed by atoms with Crippen LogP contribution in [0.1, 0.15) is 53.4 Å². The van der Waals surface area contributed by atoms with Crippen LogP contribution >= 0.6 is 0 Å². The van der Waals surface area contributed by atoms with Gasteiger partial charge < -0.3 is 4.74 Å². The molecule has 2 heteroatoms. The molecule has 0 N–H and O–H groups in total. The zero-order valence-electron chi connectivity index (χ0n) is 10.3. The minimum Gasteiger partial charge on any atom is -0.457 e. The summed E-state index contributed by atoms with van der Waals surface area (Å²) >= 11 is 0. The number of hydrogen-bond acceptors (Lipinski definition) is 2. The maximum atomic E-state index is 11.9.